The summed E-state index contributed by atoms with van der Waals surface area (Å²) in [6, 6.07) is 0. The lowest BCUT2D eigenvalue weighted by Gasteiger charge is -2.37. The van der Waals surface area contributed by atoms with Crippen LogP contribution in [0.3, 0.4) is 0 Å². The molecule has 0 bridgehead atoms. The number of aliphatic hydroxyl groups is 1. The minimum Gasteiger partial charge on any atom is -0.388 e. The molecule has 1 heterocycles. The molecule has 1 saturated carbocycles. The Morgan fingerprint density at radius 1 is 1.40 bits per heavy atom. The third-order valence-electron chi connectivity index (χ3n) is 4.65. The van der Waals surface area contributed by atoms with Gasteiger partial charge in [-0.15, -0.1) is 0 Å². The van der Waals surface area contributed by atoms with Gasteiger partial charge in [-0.3, -0.25) is 4.99 Å². The van der Waals surface area contributed by atoms with Gasteiger partial charge < -0.3 is 20.1 Å². The lowest BCUT2D eigenvalue weighted by Crippen LogP contribution is -2.51. The Balaban J connectivity index is 1.69. The van der Waals surface area contributed by atoms with Gasteiger partial charge in [0.1, 0.15) is 0 Å². The first-order valence-electron chi connectivity index (χ1n) is 7.85. The van der Waals surface area contributed by atoms with Crippen LogP contribution in [0.4, 0.5) is 0 Å². The third kappa shape index (κ3) is 4.35. The van der Waals surface area contributed by atoms with Gasteiger partial charge in [0.15, 0.2) is 5.96 Å². The number of rotatable bonds is 5. The van der Waals surface area contributed by atoms with Crippen LogP contribution in [-0.4, -0.2) is 62.0 Å². The van der Waals surface area contributed by atoms with E-state index in [0.717, 1.165) is 50.9 Å². The first-order valence-corrected chi connectivity index (χ1v) is 7.85. The van der Waals surface area contributed by atoms with Crippen LogP contribution in [0.1, 0.15) is 38.5 Å². The maximum atomic E-state index is 10.1. The average molecular weight is 283 g/mol. The van der Waals surface area contributed by atoms with Crippen molar-refractivity contribution in [2.24, 2.45) is 10.9 Å². The molecule has 0 unspecified atom stereocenters. The molecule has 2 rings (SSSR count). The number of nitrogens with zero attached hydrogens (tertiary/aromatic N) is 2. The fourth-order valence-corrected chi connectivity index (χ4v) is 2.91. The quantitative estimate of drug-likeness (QED) is 0.588. The molecule has 0 atom stereocenters. The standard InChI is InChI=1S/C15H29N3O2/c1-16-14(17-12-15(19)7-3-8-15)18(2)9-4-13-5-10-20-11-6-13/h13,19H,3-12H2,1-2H3,(H,16,17). The highest BCUT2D eigenvalue weighted by Crippen LogP contribution is 2.30. The largest absolute Gasteiger partial charge is 0.388 e. The van der Waals surface area contributed by atoms with Crippen molar-refractivity contribution in [3.05, 3.63) is 0 Å². The summed E-state index contributed by atoms with van der Waals surface area (Å²) in [5.74, 6) is 1.66. The number of hydrogen-bond donors (Lipinski definition) is 2. The Morgan fingerprint density at radius 2 is 2.10 bits per heavy atom. The van der Waals surface area contributed by atoms with E-state index in [-0.39, 0.29) is 0 Å². The van der Waals surface area contributed by atoms with E-state index in [9.17, 15) is 5.11 Å². The van der Waals surface area contributed by atoms with Crippen LogP contribution >= 0.6 is 0 Å². The number of aliphatic imine (C=N–C) groups is 1. The molecule has 5 heteroatoms. The molecule has 1 aliphatic carbocycles. The highest BCUT2D eigenvalue weighted by molar-refractivity contribution is 5.79. The molecule has 2 N–H and O–H groups in total. The summed E-state index contributed by atoms with van der Waals surface area (Å²) in [4.78, 5) is 6.47. The number of ether oxygens (including phenoxy) is 1. The summed E-state index contributed by atoms with van der Waals surface area (Å²) >= 11 is 0. The molecular formula is C15H29N3O2. The van der Waals surface area contributed by atoms with Crippen molar-refractivity contribution in [1.82, 2.24) is 10.2 Å². The molecule has 1 aliphatic heterocycles. The highest BCUT2D eigenvalue weighted by atomic mass is 16.5. The monoisotopic (exact) mass is 283 g/mol. The van der Waals surface area contributed by atoms with Crippen molar-refractivity contribution < 1.29 is 9.84 Å². The van der Waals surface area contributed by atoms with Crippen LogP contribution in [0, 0.1) is 5.92 Å². The minimum absolute atomic E-state index is 0.502. The lowest BCUT2D eigenvalue weighted by molar-refractivity contribution is -0.0282. The van der Waals surface area contributed by atoms with Crippen molar-refractivity contribution in [2.45, 2.75) is 44.1 Å². The minimum atomic E-state index is -0.502. The maximum absolute atomic E-state index is 10.1. The summed E-state index contributed by atoms with van der Waals surface area (Å²) in [6.45, 7) is 3.44. The van der Waals surface area contributed by atoms with Gasteiger partial charge in [-0.1, -0.05) is 0 Å². The number of nitrogens with one attached hydrogen (secondary N) is 1. The van der Waals surface area contributed by atoms with E-state index >= 15 is 0 Å². The Kier molecular flexibility index (Phi) is 5.66. The van der Waals surface area contributed by atoms with E-state index in [2.05, 4.69) is 22.3 Å². The first-order chi connectivity index (χ1) is 9.63. The van der Waals surface area contributed by atoms with Crippen molar-refractivity contribution in [3.63, 3.8) is 0 Å². The number of hydrogen-bond acceptors (Lipinski definition) is 3. The highest BCUT2D eigenvalue weighted by Gasteiger charge is 2.34. The van der Waals surface area contributed by atoms with Crippen molar-refractivity contribution >= 4 is 5.96 Å². The molecule has 0 aromatic heterocycles. The van der Waals surface area contributed by atoms with Gasteiger partial charge in [-0.25, -0.2) is 0 Å². The SMILES string of the molecule is CN=C(NCC1(O)CCC1)N(C)CCC1CCOCC1. The summed E-state index contributed by atoms with van der Waals surface area (Å²) in [7, 11) is 3.87. The molecule has 0 spiro atoms. The summed E-state index contributed by atoms with van der Waals surface area (Å²) in [5.41, 5.74) is -0.502. The molecule has 0 amide bonds. The van der Waals surface area contributed by atoms with Crippen molar-refractivity contribution in [1.29, 1.82) is 0 Å². The second-order valence-corrected chi connectivity index (χ2v) is 6.24. The van der Waals surface area contributed by atoms with Crippen LogP contribution in [0.25, 0.3) is 0 Å². The van der Waals surface area contributed by atoms with Gasteiger partial charge in [0.2, 0.25) is 0 Å². The Hall–Kier alpha value is -0.810. The molecule has 5 nitrogen and oxygen atoms in total. The summed E-state index contributed by atoms with van der Waals surface area (Å²) < 4.78 is 5.39. The van der Waals surface area contributed by atoms with E-state index < -0.39 is 5.60 Å². The predicted octanol–water partition coefficient (Wildman–Crippen LogP) is 1.23. The second kappa shape index (κ2) is 7.27. The molecule has 2 fully saturated rings. The topological polar surface area (TPSA) is 57.1 Å². The van der Waals surface area contributed by atoms with Crippen LogP contribution in [0.5, 0.6) is 0 Å². The molecule has 2 aliphatic rings. The van der Waals surface area contributed by atoms with Crippen LogP contribution < -0.4 is 5.32 Å². The average Bonchev–Trinajstić information content (AvgIpc) is 2.45. The van der Waals surface area contributed by atoms with Gasteiger partial charge in [0.05, 0.1) is 5.60 Å². The molecular weight excluding hydrogens is 254 g/mol. The smallest absolute Gasteiger partial charge is 0.193 e. The van der Waals surface area contributed by atoms with Gasteiger partial charge in [0, 0.05) is 40.4 Å². The zero-order valence-electron chi connectivity index (χ0n) is 12.9. The van der Waals surface area contributed by atoms with E-state index in [4.69, 9.17) is 4.74 Å². The van der Waals surface area contributed by atoms with E-state index in [1.54, 1.807) is 7.05 Å². The Bertz CT molecular complexity index is 323. The van der Waals surface area contributed by atoms with E-state index in [1.807, 2.05) is 0 Å². The van der Waals surface area contributed by atoms with Crippen molar-refractivity contribution in [3.8, 4) is 0 Å². The molecule has 0 aromatic rings. The normalized spacial score (nSPS) is 23.2. The van der Waals surface area contributed by atoms with Gasteiger partial charge in [0.25, 0.3) is 0 Å². The Labute approximate surface area is 122 Å². The molecule has 0 radical (unpaired) electrons. The second-order valence-electron chi connectivity index (χ2n) is 6.24. The maximum Gasteiger partial charge on any atom is 0.193 e. The van der Waals surface area contributed by atoms with E-state index in [0.29, 0.717) is 6.54 Å². The summed E-state index contributed by atoms with van der Waals surface area (Å²) in [6.07, 6.45) is 6.49. The number of guanidine groups is 1. The third-order valence-corrected chi connectivity index (χ3v) is 4.65. The fourth-order valence-electron chi connectivity index (χ4n) is 2.91. The van der Waals surface area contributed by atoms with Gasteiger partial charge >= 0.3 is 0 Å². The zero-order chi connectivity index (χ0) is 14.4. The lowest BCUT2D eigenvalue weighted by atomic mass is 9.80. The zero-order valence-corrected chi connectivity index (χ0v) is 12.9. The first kappa shape index (κ1) is 15.6. The fraction of sp³-hybridized carbons (Fsp3) is 0.933. The van der Waals surface area contributed by atoms with Crippen LogP contribution in [0.2, 0.25) is 0 Å². The predicted molar refractivity (Wildman–Crippen MR) is 81.0 cm³/mol. The van der Waals surface area contributed by atoms with E-state index in [1.165, 1.54) is 19.3 Å². The molecule has 0 aromatic carbocycles. The van der Waals surface area contributed by atoms with Gasteiger partial charge in [-0.05, 0) is 44.4 Å². The van der Waals surface area contributed by atoms with Crippen LogP contribution in [-0.2, 0) is 4.74 Å². The summed E-state index contributed by atoms with van der Waals surface area (Å²) in [5, 5.41) is 13.4. The van der Waals surface area contributed by atoms with Gasteiger partial charge in [-0.2, -0.15) is 0 Å². The molecule has 1 saturated heterocycles. The van der Waals surface area contributed by atoms with Crippen molar-refractivity contribution in [2.75, 3.05) is 40.4 Å². The molecule has 116 valence electrons. The molecule has 20 heavy (non-hydrogen) atoms. The Morgan fingerprint density at radius 3 is 2.65 bits per heavy atom. The van der Waals surface area contributed by atoms with Crippen LogP contribution in [0.15, 0.2) is 4.99 Å².